The molecule has 0 saturated carbocycles. The molecule has 3 N–H and O–H groups in total. The second-order valence-electron chi connectivity index (χ2n) is 6.22. The van der Waals surface area contributed by atoms with Gasteiger partial charge in [0.05, 0.1) is 13.2 Å². The van der Waals surface area contributed by atoms with Gasteiger partial charge in [-0.25, -0.2) is 0 Å². The Bertz CT molecular complexity index is 299. The monoisotopic (exact) mass is 285 g/mol. The van der Waals surface area contributed by atoms with Crippen LogP contribution in [0.25, 0.3) is 0 Å². The molecule has 1 unspecified atom stereocenters. The Labute approximate surface area is 123 Å². The number of ether oxygens (including phenoxy) is 2. The number of aliphatic imine (C=N–C) groups is 1. The highest BCUT2D eigenvalue weighted by Crippen LogP contribution is 2.22. The third-order valence-electron chi connectivity index (χ3n) is 3.56. The normalized spacial score (nSPS) is 20.4. The second kappa shape index (κ2) is 8.47. The van der Waals surface area contributed by atoms with Gasteiger partial charge in [0.15, 0.2) is 11.7 Å². The van der Waals surface area contributed by atoms with Gasteiger partial charge < -0.3 is 20.5 Å². The fourth-order valence-corrected chi connectivity index (χ4v) is 2.28. The number of nitrogens with zero attached hydrogens (tertiary/aromatic N) is 1. The molecule has 0 bridgehead atoms. The van der Waals surface area contributed by atoms with E-state index >= 15 is 0 Å². The third kappa shape index (κ3) is 7.10. The SMILES string of the molecule is CC(C)CCCC(C)NC(N)=NCCC1(C)OCCO1. The minimum absolute atomic E-state index is 0.368. The van der Waals surface area contributed by atoms with Crippen LogP contribution in [0.5, 0.6) is 0 Å². The highest BCUT2D eigenvalue weighted by atomic mass is 16.7. The van der Waals surface area contributed by atoms with Crippen LogP contribution in [0.3, 0.4) is 0 Å². The van der Waals surface area contributed by atoms with Crippen molar-refractivity contribution >= 4 is 5.96 Å². The van der Waals surface area contributed by atoms with E-state index in [-0.39, 0.29) is 0 Å². The van der Waals surface area contributed by atoms with Gasteiger partial charge in [0.25, 0.3) is 0 Å². The maximum absolute atomic E-state index is 5.89. The summed E-state index contributed by atoms with van der Waals surface area (Å²) in [4.78, 5) is 4.34. The number of rotatable bonds is 8. The van der Waals surface area contributed by atoms with Crippen LogP contribution in [0.1, 0.15) is 53.4 Å². The molecule has 1 rings (SSSR count). The molecule has 5 nitrogen and oxygen atoms in total. The molecule has 0 aliphatic carbocycles. The summed E-state index contributed by atoms with van der Waals surface area (Å²) >= 11 is 0. The molecule has 0 spiro atoms. The van der Waals surface area contributed by atoms with E-state index in [4.69, 9.17) is 15.2 Å². The Hall–Kier alpha value is -0.810. The van der Waals surface area contributed by atoms with E-state index in [0.717, 1.165) is 18.8 Å². The van der Waals surface area contributed by atoms with Gasteiger partial charge in [-0.05, 0) is 26.2 Å². The molecule has 1 heterocycles. The molecule has 1 fully saturated rings. The fraction of sp³-hybridized carbons (Fsp3) is 0.933. The molecule has 0 aromatic carbocycles. The Balaban J connectivity index is 2.17. The first-order chi connectivity index (χ1) is 9.41. The number of hydrogen-bond acceptors (Lipinski definition) is 3. The van der Waals surface area contributed by atoms with Crippen molar-refractivity contribution in [3.63, 3.8) is 0 Å². The van der Waals surface area contributed by atoms with E-state index < -0.39 is 5.79 Å². The Morgan fingerprint density at radius 2 is 1.90 bits per heavy atom. The van der Waals surface area contributed by atoms with Crippen molar-refractivity contribution in [2.45, 2.75) is 65.2 Å². The molecule has 0 radical (unpaired) electrons. The molecule has 1 saturated heterocycles. The van der Waals surface area contributed by atoms with Gasteiger partial charge in [0.1, 0.15) is 0 Å². The maximum atomic E-state index is 5.89. The van der Waals surface area contributed by atoms with Gasteiger partial charge in [-0.1, -0.05) is 26.7 Å². The molecule has 118 valence electrons. The molecular weight excluding hydrogens is 254 g/mol. The number of nitrogens with one attached hydrogen (secondary N) is 1. The lowest BCUT2D eigenvalue weighted by Gasteiger charge is -2.21. The van der Waals surface area contributed by atoms with Crippen LogP contribution in [-0.2, 0) is 9.47 Å². The van der Waals surface area contributed by atoms with Gasteiger partial charge in [0.2, 0.25) is 0 Å². The highest BCUT2D eigenvalue weighted by Gasteiger charge is 2.30. The predicted octanol–water partition coefficient (Wildman–Crippen LogP) is 2.26. The summed E-state index contributed by atoms with van der Waals surface area (Å²) in [5, 5.41) is 3.24. The second-order valence-corrected chi connectivity index (χ2v) is 6.22. The van der Waals surface area contributed by atoms with Crippen molar-refractivity contribution < 1.29 is 9.47 Å². The average molecular weight is 285 g/mol. The van der Waals surface area contributed by atoms with Crippen LogP contribution in [-0.4, -0.2) is 37.5 Å². The van der Waals surface area contributed by atoms with Crippen molar-refractivity contribution in [1.82, 2.24) is 5.32 Å². The molecule has 1 aliphatic rings. The summed E-state index contributed by atoms with van der Waals surface area (Å²) in [5.74, 6) is 0.802. The van der Waals surface area contributed by atoms with Gasteiger partial charge in [-0.2, -0.15) is 0 Å². The maximum Gasteiger partial charge on any atom is 0.188 e. The van der Waals surface area contributed by atoms with E-state index in [1.54, 1.807) is 0 Å². The lowest BCUT2D eigenvalue weighted by molar-refractivity contribution is -0.144. The van der Waals surface area contributed by atoms with Crippen molar-refractivity contribution in [2.24, 2.45) is 16.6 Å². The van der Waals surface area contributed by atoms with E-state index in [0.29, 0.717) is 31.8 Å². The van der Waals surface area contributed by atoms with Crippen LogP contribution in [0, 0.1) is 5.92 Å². The zero-order valence-corrected chi connectivity index (χ0v) is 13.4. The van der Waals surface area contributed by atoms with Crippen molar-refractivity contribution in [3.8, 4) is 0 Å². The average Bonchev–Trinajstić information content (AvgIpc) is 2.75. The topological polar surface area (TPSA) is 68.9 Å². The van der Waals surface area contributed by atoms with Crippen molar-refractivity contribution in [3.05, 3.63) is 0 Å². The lowest BCUT2D eigenvalue weighted by atomic mass is 10.0. The molecular formula is C15H31N3O2. The number of guanidine groups is 1. The summed E-state index contributed by atoms with van der Waals surface area (Å²) < 4.78 is 11.1. The van der Waals surface area contributed by atoms with Crippen molar-refractivity contribution in [2.75, 3.05) is 19.8 Å². The summed E-state index contributed by atoms with van der Waals surface area (Å²) in [6.45, 7) is 10.6. The van der Waals surface area contributed by atoms with Crippen LogP contribution in [0.4, 0.5) is 0 Å². The Morgan fingerprint density at radius 1 is 1.25 bits per heavy atom. The van der Waals surface area contributed by atoms with E-state index in [2.05, 4.69) is 31.1 Å². The highest BCUT2D eigenvalue weighted by molar-refractivity contribution is 5.78. The Kier molecular flexibility index (Phi) is 7.30. The summed E-state index contributed by atoms with van der Waals surface area (Å²) in [6.07, 6.45) is 4.34. The molecule has 5 heteroatoms. The van der Waals surface area contributed by atoms with Gasteiger partial charge >= 0.3 is 0 Å². The third-order valence-corrected chi connectivity index (χ3v) is 3.56. The molecule has 1 aliphatic heterocycles. The molecule has 20 heavy (non-hydrogen) atoms. The number of hydrogen-bond donors (Lipinski definition) is 2. The first-order valence-corrected chi connectivity index (χ1v) is 7.75. The van der Waals surface area contributed by atoms with E-state index in [1.807, 2.05) is 6.92 Å². The van der Waals surface area contributed by atoms with E-state index in [9.17, 15) is 0 Å². The number of nitrogens with two attached hydrogens (primary N) is 1. The smallest absolute Gasteiger partial charge is 0.188 e. The van der Waals surface area contributed by atoms with Gasteiger partial charge in [-0.3, -0.25) is 4.99 Å². The largest absolute Gasteiger partial charge is 0.370 e. The lowest BCUT2D eigenvalue weighted by Crippen LogP contribution is -2.39. The van der Waals surface area contributed by atoms with Crippen molar-refractivity contribution in [1.29, 1.82) is 0 Å². The first kappa shape index (κ1) is 17.2. The Morgan fingerprint density at radius 3 is 2.50 bits per heavy atom. The first-order valence-electron chi connectivity index (χ1n) is 7.75. The van der Waals surface area contributed by atoms with Gasteiger partial charge in [0, 0.05) is 19.0 Å². The van der Waals surface area contributed by atoms with Crippen LogP contribution >= 0.6 is 0 Å². The minimum atomic E-state index is -0.480. The quantitative estimate of drug-likeness (QED) is 0.530. The fourth-order valence-electron chi connectivity index (χ4n) is 2.28. The zero-order valence-electron chi connectivity index (χ0n) is 13.4. The standard InChI is InChI=1S/C15H31N3O2/c1-12(2)6-5-7-13(3)18-14(16)17-9-8-15(4)19-10-11-20-15/h12-13H,5-11H2,1-4H3,(H3,16,17,18). The van der Waals surface area contributed by atoms with Crippen LogP contribution in [0.15, 0.2) is 4.99 Å². The van der Waals surface area contributed by atoms with Gasteiger partial charge in [-0.15, -0.1) is 0 Å². The van der Waals surface area contributed by atoms with E-state index in [1.165, 1.54) is 12.8 Å². The molecule has 0 amide bonds. The molecule has 0 aromatic heterocycles. The summed E-state index contributed by atoms with van der Waals surface area (Å²) in [7, 11) is 0. The minimum Gasteiger partial charge on any atom is -0.370 e. The summed E-state index contributed by atoms with van der Waals surface area (Å²) in [6, 6.07) is 0.368. The molecule has 0 aromatic rings. The zero-order chi connectivity index (χ0) is 15.0. The molecule has 1 atom stereocenters. The van der Waals surface area contributed by atoms with Crippen LogP contribution < -0.4 is 11.1 Å². The van der Waals surface area contributed by atoms with Crippen LogP contribution in [0.2, 0.25) is 0 Å². The predicted molar refractivity (Wildman–Crippen MR) is 82.7 cm³/mol. The summed E-state index contributed by atoms with van der Waals surface area (Å²) in [5.41, 5.74) is 5.89.